The van der Waals surface area contributed by atoms with E-state index >= 15 is 0 Å². The largest absolute Gasteiger partial charge is 0.389 e. The Morgan fingerprint density at radius 1 is 1.20 bits per heavy atom. The summed E-state index contributed by atoms with van der Waals surface area (Å²) in [5.41, 5.74) is 10.6. The molecule has 108 valence electrons. The van der Waals surface area contributed by atoms with Gasteiger partial charge in [-0.15, -0.1) is 0 Å². The van der Waals surface area contributed by atoms with Crippen LogP contribution in [-0.4, -0.2) is 24.0 Å². The number of nitrogens with zero attached hydrogens (tertiary/aromatic N) is 1. The molecule has 1 heterocycles. The van der Waals surface area contributed by atoms with E-state index in [4.69, 9.17) is 11.5 Å². The van der Waals surface area contributed by atoms with Gasteiger partial charge in [-0.3, -0.25) is 4.79 Å². The molecule has 0 saturated carbocycles. The number of anilines is 1. The molecule has 1 saturated heterocycles. The van der Waals surface area contributed by atoms with Crippen LogP contribution >= 0.6 is 12.2 Å². The second-order valence-corrected chi connectivity index (χ2v) is 5.23. The van der Waals surface area contributed by atoms with Gasteiger partial charge >= 0.3 is 0 Å². The van der Waals surface area contributed by atoms with E-state index in [0.717, 1.165) is 0 Å². The van der Waals surface area contributed by atoms with Gasteiger partial charge in [-0.25, -0.2) is 8.78 Å². The number of rotatable bonds is 3. The van der Waals surface area contributed by atoms with Gasteiger partial charge in [-0.05, 0) is 25.0 Å². The molecule has 0 spiro atoms. The molecule has 1 aliphatic rings. The number of nitrogens with two attached hydrogens (primary N) is 2. The van der Waals surface area contributed by atoms with E-state index in [0.29, 0.717) is 25.9 Å². The molecule has 4 N–H and O–H groups in total. The number of halogens is 2. The molecule has 4 nitrogen and oxygen atoms in total. The van der Waals surface area contributed by atoms with E-state index in [2.05, 4.69) is 12.2 Å². The summed E-state index contributed by atoms with van der Waals surface area (Å²) >= 11 is 4.66. The third kappa shape index (κ3) is 2.72. The number of primary amides is 1. The standard InChI is InChI=1S/C13H15F2N3OS/c14-10-8(13(17)20)1-2-9(11(10)15)18-5-3-7(4-6-18)12(16)19/h1-2,7H,3-6H2,(H2,16,19)(H2,17,20). The zero-order chi connectivity index (χ0) is 14.9. The van der Waals surface area contributed by atoms with Crippen LogP contribution in [-0.2, 0) is 4.79 Å². The minimum absolute atomic E-state index is 0.103. The number of thiocarbonyl (C=S) groups is 1. The molecule has 0 radical (unpaired) electrons. The Morgan fingerprint density at radius 2 is 1.80 bits per heavy atom. The third-order valence-electron chi connectivity index (χ3n) is 3.57. The summed E-state index contributed by atoms with van der Waals surface area (Å²) in [6.45, 7) is 0.909. The summed E-state index contributed by atoms with van der Waals surface area (Å²) < 4.78 is 27.9. The van der Waals surface area contributed by atoms with Crippen LogP contribution in [0.1, 0.15) is 18.4 Å². The Bertz CT molecular complexity index is 557. The molecule has 20 heavy (non-hydrogen) atoms. The minimum Gasteiger partial charge on any atom is -0.389 e. The van der Waals surface area contributed by atoms with E-state index in [1.807, 2.05) is 0 Å². The lowest BCUT2D eigenvalue weighted by molar-refractivity contribution is -0.122. The van der Waals surface area contributed by atoms with Crippen LogP contribution in [0.2, 0.25) is 0 Å². The number of piperidine rings is 1. The molecule has 0 aromatic heterocycles. The number of carbonyl (C=O) groups is 1. The molecular formula is C13H15F2N3OS. The van der Waals surface area contributed by atoms with Gasteiger partial charge in [0.25, 0.3) is 0 Å². The first kappa shape index (κ1) is 14.6. The number of hydrogen-bond donors (Lipinski definition) is 2. The molecule has 0 aliphatic carbocycles. The van der Waals surface area contributed by atoms with Crippen LogP contribution in [0.4, 0.5) is 14.5 Å². The number of amides is 1. The predicted octanol–water partition coefficient (Wildman–Crippen LogP) is 1.30. The first-order valence-electron chi connectivity index (χ1n) is 6.24. The van der Waals surface area contributed by atoms with Crippen molar-refractivity contribution >= 4 is 28.8 Å². The van der Waals surface area contributed by atoms with Crippen molar-refractivity contribution in [2.24, 2.45) is 17.4 Å². The summed E-state index contributed by atoms with van der Waals surface area (Å²) in [6.07, 6.45) is 1.07. The van der Waals surface area contributed by atoms with Gasteiger partial charge in [-0.1, -0.05) is 12.2 Å². The average molecular weight is 299 g/mol. The lowest BCUT2D eigenvalue weighted by Crippen LogP contribution is -2.39. The third-order valence-corrected chi connectivity index (χ3v) is 3.79. The van der Waals surface area contributed by atoms with Crippen molar-refractivity contribution in [2.75, 3.05) is 18.0 Å². The highest BCUT2D eigenvalue weighted by Crippen LogP contribution is 2.28. The highest BCUT2D eigenvalue weighted by molar-refractivity contribution is 7.80. The molecular weight excluding hydrogens is 284 g/mol. The average Bonchev–Trinajstić information content (AvgIpc) is 2.41. The van der Waals surface area contributed by atoms with Gasteiger partial charge in [0, 0.05) is 24.6 Å². The van der Waals surface area contributed by atoms with Crippen LogP contribution in [0.15, 0.2) is 12.1 Å². The van der Waals surface area contributed by atoms with Crippen molar-refractivity contribution in [3.05, 3.63) is 29.3 Å². The van der Waals surface area contributed by atoms with Gasteiger partial charge in [0.1, 0.15) is 4.99 Å². The fourth-order valence-electron chi connectivity index (χ4n) is 2.38. The van der Waals surface area contributed by atoms with Crippen molar-refractivity contribution in [2.45, 2.75) is 12.8 Å². The maximum atomic E-state index is 14.0. The maximum absolute atomic E-state index is 14.0. The Morgan fingerprint density at radius 3 is 2.30 bits per heavy atom. The Kier molecular flexibility index (Phi) is 4.17. The van der Waals surface area contributed by atoms with Crippen molar-refractivity contribution < 1.29 is 13.6 Å². The molecule has 1 aromatic carbocycles. The Hall–Kier alpha value is -1.76. The van der Waals surface area contributed by atoms with Crippen molar-refractivity contribution in [3.63, 3.8) is 0 Å². The molecule has 1 amide bonds. The summed E-state index contributed by atoms with van der Waals surface area (Å²) in [6, 6.07) is 2.83. The first-order valence-corrected chi connectivity index (χ1v) is 6.64. The topological polar surface area (TPSA) is 72.4 Å². The lowest BCUT2D eigenvalue weighted by atomic mass is 9.96. The molecule has 1 aliphatic heterocycles. The smallest absolute Gasteiger partial charge is 0.220 e. The fraction of sp³-hybridized carbons (Fsp3) is 0.385. The van der Waals surface area contributed by atoms with Crippen LogP contribution < -0.4 is 16.4 Å². The monoisotopic (exact) mass is 299 g/mol. The SMILES string of the molecule is NC(=O)C1CCN(c2ccc(C(N)=S)c(F)c2F)CC1. The molecule has 7 heteroatoms. The van der Waals surface area contributed by atoms with E-state index in [-0.39, 0.29) is 28.1 Å². The van der Waals surface area contributed by atoms with E-state index in [1.54, 1.807) is 4.90 Å². The first-order chi connectivity index (χ1) is 9.41. The Balaban J connectivity index is 2.21. The second-order valence-electron chi connectivity index (χ2n) is 4.79. The highest BCUT2D eigenvalue weighted by Gasteiger charge is 2.26. The summed E-state index contributed by atoms with van der Waals surface area (Å²) in [5.74, 6) is -2.55. The fourth-order valence-corrected chi connectivity index (χ4v) is 2.54. The van der Waals surface area contributed by atoms with Crippen LogP contribution in [0.5, 0.6) is 0 Å². The van der Waals surface area contributed by atoms with Gasteiger partial charge in [-0.2, -0.15) is 0 Å². The predicted molar refractivity (Wildman–Crippen MR) is 76.4 cm³/mol. The zero-order valence-corrected chi connectivity index (χ0v) is 11.6. The van der Waals surface area contributed by atoms with Gasteiger partial charge in [0.05, 0.1) is 5.69 Å². The van der Waals surface area contributed by atoms with E-state index < -0.39 is 11.6 Å². The summed E-state index contributed by atoms with van der Waals surface area (Å²) in [4.78, 5) is 12.6. The molecule has 0 unspecified atom stereocenters. The number of carbonyl (C=O) groups excluding carboxylic acids is 1. The highest BCUT2D eigenvalue weighted by atomic mass is 32.1. The normalized spacial score (nSPS) is 16.2. The van der Waals surface area contributed by atoms with E-state index in [1.165, 1.54) is 12.1 Å². The number of benzene rings is 1. The minimum atomic E-state index is -1.04. The van der Waals surface area contributed by atoms with Crippen LogP contribution in [0, 0.1) is 17.6 Å². The van der Waals surface area contributed by atoms with Gasteiger partial charge in [0.2, 0.25) is 5.91 Å². The van der Waals surface area contributed by atoms with E-state index in [9.17, 15) is 13.6 Å². The van der Waals surface area contributed by atoms with Gasteiger partial charge in [0.15, 0.2) is 11.6 Å². The maximum Gasteiger partial charge on any atom is 0.220 e. The summed E-state index contributed by atoms with van der Waals surface area (Å²) in [5, 5.41) is 0. The molecule has 0 bridgehead atoms. The van der Waals surface area contributed by atoms with Crippen molar-refractivity contribution in [1.29, 1.82) is 0 Å². The molecule has 1 fully saturated rings. The van der Waals surface area contributed by atoms with Crippen molar-refractivity contribution in [3.8, 4) is 0 Å². The van der Waals surface area contributed by atoms with Gasteiger partial charge < -0.3 is 16.4 Å². The summed E-state index contributed by atoms with van der Waals surface area (Å²) in [7, 11) is 0. The van der Waals surface area contributed by atoms with Crippen LogP contribution in [0.25, 0.3) is 0 Å². The lowest BCUT2D eigenvalue weighted by Gasteiger charge is -2.32. The van der Waals surface area contributed by atoms with Crippen LogP contribution in [0.3, 0.4) is 0 Å². The Labute approximate surface area is 120 Å². The molecule has 1 aromatic rings. The van der Waals surface area contributed by atoms with Crippen molar-refractivity contribution in [1.82, 2.24) is 0 Å². The number of hydrogen-bond acceptors (Lipinski definition) is 3. The molecule has 0 atom stereocenters. The second kappa shape index (κ2) is 5.70. The quantitative estimate of drug-likeness (QED) is 0.825. The zero-order valence-electron chi connectivity index (χ0n) is 10.7. The molecule has 2 rings (SSSR count).